The molecule has 0 fully saturated rings. The number of thioether (sulfide) groups is 1. The Balaban J connectivity index is 1.80. The highest BCUT2D eigenvalue weighted by Crippen LogP contribution is 2.34. The molecule has 1 aliphatic rings. The fraction of sp³-hybridized carbons (Fsp3) is 0.263. The lowest BCUT2D eigenvalue weighted by Gasteiger charge is -2.27. The van der Waals surface area contributed by atoms with Crippen molar-refractivity contribution in [3.63, 3.8) is 0 Å². The molecule has 0 bridgehead atoms. The van der Waals surface area contributed by atoms with Gasteiger partial charge in [-0.05, 0) is 48.9 Å². The predicted molar refractivity (Wildman–Crippen MR) is 107 cm³/mol. The Bertz CT molecular complexity index is 761. The smallest absolute Gasteiger partial charge is 0.149 e. The van der Waals surface area contributed by atoms with E-state index in [0.717, 1.165) is 35.7 Å². The summed E-state index contributed by atoms with van der Waals surface area (Å²) in [6.45, 7) is 5.79. The fourth-order valence-corrected chi connectivity index (χ4v) is 3.68. The minimum Gasteiger partial charge on any atom is -0.360 e. The summed E-state index contributed by atoms with van der Waals surface area (Å²) in [7, 11) is 0. The number of hydrogen-bond acceptors (Lipinski definition) is 5. The van der Waals surface area contributed by atoms with E-state index in [4.69, 9.17) is 11.6 Å². The summed E-state index contributed by atoms with van der Waals surface area (Å²) >= 11 is 8.28. The summed E-state index contributed by atoms with van der Waals surface area (Å²) in [6, 6.07) is 6.17. The van der Waals surface area contributed by atoms with Crippen molar-refractivity contribution in [1.29, 1.82) is 0 Å². The predicted octanol–water partition coefficient (Wildman–Crippen LogP) is 5.67. The molecule has 3 heterocycles. The lowest BCUT2D eigenvalue weighted by Crippen LogP contribution is -2.21. The van der Waals surface area contributed by atoms with Gasteiger partial charge in [0.25, 0.3) is 0 Å². The van der Waals surface area contributed by atoms with Crippen LogP contribution in [0.5, 0.6) is 0 Å². The first-order valence-corrected chi connectivity index (χ1v) is 9.60. The third kappa shape index (κ3) is 4.55. The van der Waals surface area contributed by atoms with Gasteiger partial charge < -0.3 is 10.2 Å². The highest BCUT2D eigenvalue weighted by atomic mass is 35.5. The van der Waals surface area contributed by atoms with Crippen LogP contribution in [0, 0.1) is 6.92 Å². The number of rotatable bonds is 7. The number of aromatic nitrogens is 2. The number of pyridine rings is 2. The van der Waals surface area contributed by atoms with Crippen molar-refractivity contribution in [3.8, 4) is 0 Å². The molecule has 6 heteroatoms. The van der Waals surface area contributed by atoms with E-state index < -0.39 is 0 Å². The first kappa shape index (κ1) is 17.8. The van der Waals surface area contributed by atoms with Gasteiger partial charge in [0.05, 0.1) is 28.8 Å². The van der Waals surface area contributed by atoms with Crippen molar-refractivity contribution in [2.24, 2.45) is 0 Å². The zero-order valence-corrected chi connectivity index (χ0v) is 15.7. The van der Waals surface area contributed by atoms with E-state index in [1.165, 1.54) is 0 Å². The first-order valence-electron chi connectivity index (χ1n) is 8.17. The van der Waals surface area contributed by atoms with Crippen molar-refractivity contribution in [1.82, 2.24) is 14.9 Å². The third-order valence-corrected chi connectivity index (χ3v) is 5.09. The molecular formula is C19H21ClN4S. The summed E-state index contributed by atoms with van der Waals surface area (Å²) in [5.41, 5.74) is 2.96. The van der Waals surface area contributed by atoms with Crippen LogP contribution in [0.2, 0.25) is 5.02 Å². The van der Waals surface area contributed by atoms with E-state index in [9.17, 15) is 0 Å². The molecule has 130 valence electrons. The zero-order chi connectivity index (χ0) is 17.6. The average Bonchev–Trinajstić information content (AvgIpc) is 3.14. The molecule has 0 aliphatic carbocycles. The zero-order valence-electron chi connectivity index (χ0n) is 14.2. The topological polar surface area (TPSA) is 41.1 Å². The minimum atomic E-state index is 0.254. The van der Waals surface area contributed by atoms with Crippen molar-refractivity contribution < 1.29 is 0 Å². The van der Waals surface area contributed by atoms with E-state index in [0.29, 0.717) is 10.8 Å². The summed E-state index contributed by atoms with van der Waals surface area (Å²) in [5.74, 6) is 1.60. The maximum absolute atomic E-state index is 6.49. The Morgan fingerprint density at radius 1 is 1.40 bits per heavy atom. The van der Waals surface area contributed by atoms with Gasteiger partial charge in [-0.1, -0.05) is 17.7 Å². The standard InChI is InChI=1S/C19H21ClN4S/c1-3-4-5-18(24-8-9-25-13-24)15-10-17(20)19(22-11-15)23-16-7-6-14(2)21-12-16/h3,6-12,18H,1,4-5,13H2,2H3,(H,22,23)/t18-/m1/s1. The van der Waals surface area contributed by atoms with Gasteiger partial charge in [0.2, 0.25) is 0 Å². The molecule has 2 aromatic rings. The molecule has 3 rings (SSSR count). The van der Waals surface area contributed by atoms with E-state index in [1.54, 1.807) is 18.0 Å². The monoisotopic (exact) mass is 372 g/mol. The second-order valence-electron chi connectivity index (χ2n) is 5.89. The SMILES string of the molecule is C=CCC[C@H](c1cnc(Nc2ccc(C)nc2)c(Cl)c1)N1C=CSC1. The lowest BCUT2D eigenvalue weighted by molar-refractivity contribution is 0.313. The van der Waals surface area contributed by atoms with Crippen LogP contribution < -0.4 is 5.32 Å². The van der Waals surface area contributed by atoms with E-state index in [-0.39, 0.29) is 6.04 Å². The summed E-state index contributed by atoms with van der Waals surface area (Å²) in [5, 5.41) is 5.95. The second kappa shape index (κ2) is 8.41. The number of anilines is 2. The van der Waals surface area contributed by atoms with Crippen LogP contribution in [0.3, 0.4) is 0 Å². The van der Waals surface area contributed by atoms with E-state index in [1.807, 2.05) is 37.4 Å². The molecule has 0 saturated carbocycles. The second-order valence-corrected chi connectivity index (χ2v) is 7.16. The van der Waals surface area contributed by atoms with E-state index >= 15 is 0 Å². The highest BCUT2D eigenvalue weighted by Gasteiger charge is 2.20. The molecule has 4 nitrogen and oxygen atoms in total. The molecule has 0 amide bonds. The van der Waals surface area contributed by atoms with Crippen molar-refractivity contribution in [2.75, 3.05) is 11.2 Å². The van der Waals surface area contributed by atoms with Gasteiger partial charge >= 0.3 is 0 Å². The number of hydrogen-bond donors (Lipinski definition) is 1. The van der Waals surface area contributed by atoms with Crippen molar-refractivity contribution >= 4 is 34.9 Å². The van der Waals surface area contributed by atoms with Crippen LogP contribution in [0.1, 0.15) is 30.1 Å². The Morgan fingerprint density at radius 3 is 2.92 bits per heavy atom. The number of nitrogens with one attached hydrogen (secondary N) is 1. The maximum atomic E-state index is 6.49. The minimum absolute atomic E-state index is 0.254. The number of aryl methyl sites for hydroxylation is 1. The first-order chi connectivity index (χ1) is 12.2. The molecule has 1 aliphatic heterocycles. The molecule has 1 N–H and O–H groups in total. The molecule has 1 atom stereocenters. The quantitative estimate of drug-likeness (QED) is 0.634. The molecule has 0 spiro atoms. The van der Waals surface area contributed by atoms with Gasteiger partial charge in [-0.2, -0.15) is 0 Å². The Morgan fingerprint density at radius 2 is 2.28 bits per heavy atom. The van der Waals surface area contributed by atoms with Crippen LogP contribution in [-0.4, -0.2) is 20.7 Å². The Labute approximate surface area is 158 Å². The third-order valence-electron chi connectivity index (χ3n) is 4.04. The largest absolute Gasteiger partial charge is 0.360 e. The molecule has 2 aromatic heterocycles. The van der Waals surface area contributed by atoms with Gasteiger partial charge in [-0.3, -0.25) is 4.98 Å². The number of allylic oxidation sites excluding steroid dienone is 1. The summed E-state index contributed by atoms with van der Waals surface area (Å²) in [6.07, 6.45) is 9.71. The van der Waals surface area contributed by atoms with Crippen molar-refractivity contribution in [3.05, 3.63) is 71.1 Å². The van der Waals surface area contributed by atoms with Crippen molar-refractivity contribution in [2.45, 2.75) is 25.8 Å². The van der Waals surface area contributed by atoms with Crippen LogP contribution in [-0.2, 0) is 0 Å². The average molecular weight is 373 g/mol. The van der Waals surface area contributed by atoms with Gasteiger partial charge in [0.15, 0.2) is 0 Å². The highest BCUT2D eigenvalue weighted by molar-refractivity contribution is 8.02. The molecule has 0 radical (unpaired) electrons. The number of nitrogens with zero attached hydrogens (tertiary/aromatic N) is 3. The summed E-state index contributed by atoms with van der Waals surface area (Å²) in [4.78, 5) is 11.1. The van der Waals surface area contributed by atoms with Crippen LogP contribution in [0.15, 0.2) is 54.9 Å². The van der Waals surface area contributed by atoms with Gasteiger partial charge in [0, 0.05) is 18.1 Å². The number of halogens is 1. The Hall–Kier alpha value is -1.98. The molecular weight excluding hydrogens is 352 g/mol. The van der Waals surface area contributed by atoms with Crippen LogP contribution in [0.4, 0.5) is 11.5 Å². The van der Waals surface area contributed by atoms with Gasteiger partial charge in [-0.15, -0.1) is 18.3 Å². The normalized spacial score (nSPS) is 14.6. The molecule has 0 saturated heterocycles. The molecule has 25 heavy (non-hydrogen) atoms. The van der Waals surface area contributed by atoms with E-state index in [2.05, 4.69) is 38.4 Å². The fourth-order valence-electron chi connectivity index (χ4n) is 2.69. The van der Waals surface area contributed by atoms with Crippen LogP contribution in [0.25, 0.3) is 0 Å². The van der Waals surface area contributed by atoms with Gasteiger partial charge in [0.1, 0.15) is 5.82 Å². The Kier molecular flexibility index (Phi) is 6.00. The van der Waals surface area contributed by atoms with Crippen LogP contribution >= 0.6 is 23.4 Å². The van der Waals surface area contributed by atoms with Gasteiger partial charge in [-0.25, -0.2) is 4.98 Å². The molecule has 0 aromatic carbocycles. The lowest BCUT2D eigenvalue weighted by atomic mass is 10.0. The molecule has 0 unspecified atom stereocenters. The summed E-state index contributed by atoms with van der Waals surface area (Å²) < 4.78 is 0. The maximum Gasteiger partial charge on any atom is 0.149 e.